The molecule has 1 heterocycles. The highest BCUT2D eigenvalue weighted by atomic mass is 16.2. The van der Waals surface area contributed by atoms with Gasteiger partial charge in [-0.2, -0.15) is 0 Å². The first kappa shape index (κ1) is 13.5. The smallest absolute Gasteiger partial charge is 0.224 e. The van der Waals surface area contributed by atoms with Gasteiger partial charge in [0, 0.05) is 25.6 Å². The van der Waals surface area contributed by atoms with Crippen molar-refractivity contribution >= 4 is 5.91 Å². The van der Waals surface area contributed by atoms with Crippen LogP contribution in [0.2, 0.25) is 0 Å². The maximum atomic E-state index is 12.0. The second kappa shape index (κ2) is 6.24. The van der Waals surface area contributed by atoms with Crippen LogP contribution in [0.5, 0.6) is 0 Å². The highest BCUT2D eigenvalue weighted by molar-refractivity contribution is 5.76. The lowest BCUT2D eigenvalue weighted by atomic mass is 9.95. The SMILES string of the molecule is CC(C)[C@@H]1CC[C@H](C)CCN1C(=O)CCN. The minimum atomic E-state index is 0.246. The quantitative estimate of drug-likeness (QED) is 0.800. The van der Waals surface area contributed by atoms with Crippen LogP contribution in [0.1, 0.15) is 46.5 Å². The van der Waals surface area contributed by atoms with Gasteiger partial charge in [-0.25, -0.2) is 0 Å². The Kier molecular flexibility index (Phi) is 5.26. The van der Waals surface area contributed by atoms with Crippen LogP contribution in [-0.2, 0) is 4.79 Å². The summed E-state index contributed by atoms with van der Waals surface area (Å²) >= 11 is 0. The lowest BCUT2D eigenvalue weighted by Gasteiger charge is -2.33. The summed E-state index contributed by atoms with van der Waals surface area (Å²) in [7, 11) is 0. The van der Waals surface area contributed by atoms with Crippen molar-refractivity contribution in [2.45, 2.75) is 52.5 Å². The number of hydrogen-bond acceptors (Lipinski definition) is 2. The summed E-state index contributed by atoms with van der Waals surface area (Å²) in [5.41, 5.74) is 5.48. The minimum absolute atomic E-state index is 0.246. The van der Waals surface area contributed by atoms with E-state index in [-0.39, 0.29) is 5.91 Å². The first-order valence-electron chi connectivity index (χ1n) is 6.55. The largest absolute Gasteiger partial charge is 0.339 e. The van der Waals surface area contributed by atoms with Crippen LogP contribution < -0.4 is 5.73 Å². The number of likely N-dealkylation sites (tertiary alicyclic amines) is 1. The molecular formula is C13H26N2O. The minimum Gasteiger partial charge on any atom is -0.339 e. The molecule has 1 saturated heterocycles. The Morgan fingerprint density at radius 3 is 2.62 bits per heavy atom. The van der Waals surface area contributed by atoms with Crippen LogP contribution in [0.4, 0.5) is 0 Å². The molecule has 1 rings (SSSR count). The summed E-state index contributed by atoms with van der Waals surface area (Å²) in [5, 5.41) is 0. The molecule has 94 valence electrons. The van der Waals surface area contributed by atoms with Crippen molar-refractivity contribution in [1.82, 2.24) is 4.90 Å². The van der Waals surface area contributed by atoms with Crippen molar-refractivity contribution in [3.63, 3.8) is 0 Å². The van der Waals surface area contributed by atoms with E-state index in [1.807, 2.05) is 0 Å². The second-order valence-electron chi connectivity index (χ2n) is 5.41. The lowest BCUT2D eigenvalue weighted by molar-refractivity contribution is -0.134. The second-order valence-corrected chi connectivity index (χ2v) is 5.41. The number of carbonyl (C=O) groups is 1. The predicted octanol–water partition coefficient (Wildman–Crippen LogP) is 2.01. The zero-order valence-electron chi connectivity index (χ0n) is 10.9. The zero-order valence-corrected chi connectivity index (χ0v) is 10.9. The Balaban J connectivity index is 2.70. The first-order chi connectivity index (χ1) is 7.56. The maximum Gasteiger partial charge on any atom is 0.224 e. The maximum absolute atomic E-state index is 12.0. The van der Waals surface area contributed by atoms with E-state index in [0.29, 0.717) is 24.9 Å². The molecule has 0 aromatic heterocycles. The van der Waals surface area contributed by atoms with Crippen molar-refractivity contribution in [3.05, 3.63) is 0 Å². The average Bonchev–Trinajstić information content (AvgIpc) is 2.40. The van der Waals surface area contributed by atoms with Crippen LogP contribution in [0.25, 0.3) is 0 Å². The molecule has 0 aliphatic carbocycles. The van der Waals surface area contributed by atoms with Crippen LogP contribution in [-0.4, -0.2) is 29.9 Å². The molecule has 3 nitrogen and oxygen atoms in total. The Morgan fingerprint density at radius 2 is 2.06 bits per heavy atom. The van der Waals surface area contributed by atoms with E-state index in [1.165, 1.54) is 6.42 Å². The molecule has 0 spiro atoms. The molecular weight excluding hydrogens is 200 g/mol. The third-order valence-electron chi connectivity index (χ3n) is 3.67. The highest BCUT2D eigenvalue weighted by Crippen LogP contribution is 2.26. The lowest BCUT2D eigenvalue weighted by Crippen LogP contribution is -2.43. The number of nitrogens with zero attached hydrogens (tertiary/aromatic N) is 1. The Labute approximate surface area is 99.4 Å². The molecule has 1 fully saturated rings. The van der Waals surface area contributed by atoms with Gasteiger partial charge in [0.15, 0.2) is 0 Å². The molecule has 1 amide bonds. The molecule has 0 radical (unpaired) electrons. The Hall–Kier alpha value is -0.570. The van der Waals surface area contributed by atoms with Crippen molar-refractivity contribution < 1.29 is 4.79 Å². The van der Waals surface area contributed by atoms with Gasteiger partial charge in [0.2, 0.25) is 5.91 Å². The Bertz CT molecular complexity index is 228. The summed E-state index contributed by atoms with van der Waals surface area (Å²) in [6, 6.07) is 0.420. The molecule has 1 aliphatic heterocycles. The van der Waals surface area contributed by atoms with E-state index in [2.05, 4.69) is 25.7 Å². The summed E-state index contributed by atoms with van der Waals surface area (Å²) < 4.78 is 0. The van der Waals surface area contributed by atoms with Gasteiger partial charge >= 0.3 is 0 Å². The van der Waals surface area contributed by atoms with Gasteiger partial charge in [0.25, 0.3) is 0 Å². The van der Waals surface area contributed by atoms with Crippen LogP contribution in [0.3, 0.4) is 0 Å². The third kappa shape index (κ3) is 3.48. The number of amides is 1. The number of nitrogens with two attached hydrogens (primary N) is 1. The number of hydrogen-bond donors (Lipinski definition) is 1. The first-order valence-corrected chi connectivity index (χ1v) is 6.55. The van der Waals surface area contributed by atoms with E-state index < -0.39 is 0 Å². The molecule has 0 saturated carbocycles. The molecule has 0 bridgehead atoms. The Morgan fingerprint density at radius 1 is 1.38 bits per heavy atom. The van der Waals surface area contributed by atoms with Crippen LogP contribution in [0.15, 0.2) is 0 Å². The van der Waals surface area contributed by atoms with Crippen LogP contribution in [0, 0.1) is 11.8 Å². The van der Waals surface area contributed by atoms with Crippen molar-refractivity contribution in [3.8, 4) is 0 Å². The van der Waals surface area contributed by atoms with E-state index in [9.17, 15) is 4.79 Å². The van der Waals surface area contributed by atoms with Gasteiger partial charge in [-0.1, -0.05) is 20.8 Å². The molecule has 0 aromatic rings. The van der Waals surface area contributed by atoms with Gasteiger partial charge in [-0.3, -0.25) is 4.79 Å². The number of rotatable bonds is 3. The van der Waals surface area contributed by atoms with Gasteiger partial charge in [-0.15, -0.1) is 0 Å². The molecule has 0 unspecified atom stereocenters. The summed E-state index contributed by atoms with van der Waals surface area (Å²) in [6.07, 6.45) is 4.03. The monoisotopic (exact) mass is 226 g/mol. The van der Waals surface area contributed by atoms with E-state index in [0.717, 1.165) is 25.3 Å². The summed E-state index contributed by atoms with van der Waals surface area (Å²) in [6.45, 7) is 8.10. The normalized spacial score (nSPS) is 26.9. The summed E-state index contributed by atoms with van der Waals surface area (Å²) in [5.74, 6) is 1.54. The fourth-order valence-electron chi connectivity index (χ4n) is 2.55. The molecule has 0 aromatic carbocycles. The standard InChI is InChI=1S/C13H26N2O/c1-10(2)12-5-4-11(3)7-9-15(12)13(16)6-8-14/h10-12H,4-9,14H2,1-3H3/t11-,12-/m0/s1. The molecule has 2 atom stereocenters. The average molecular weight is 226 g/mol. The van der Waals surface area contributed by atoms with Gasteiger partial charge in [-0.05, 0) is 31.1 Å². The topological polar surface area (TPSA) is 46.3 Å². The van der Waals surface area contributed by atoms with Crippen molar-refractivity contribution in [2.24, 2.45) is 17.6 Å². The van der Waals surface area contributed by atoms with Gasteiger partial charge in [0.1, 0.15) is 0 Å². The third-order valence-corrected chi connectivity index (χ3v) is 3.67. The fraction of sp³-hybridized carbons (Fsp3) is 0.923. The molecule has 1 aliphatic rings. The van der Waals surface area contributed by atoms with Gasteiger partial charge < -0.3 is 10.6 Å². The van der Waals surface area contributed by atoms with Crippen molar-refractivity contribution in [2.75, 3.05) is 13.1 Å². The molecule has 3 heteroatoms. The zero-order chi connectivity index (χ0) is 12.1. The van der Waals surface area contributed by atoms with E-state index >= 15 is 0 Å². The van der Waals surface area contributed by atoms with Crippen molar-refractivity contribution in [1.29, 1.82) is 0 Å². The summed E-state index contributed by atoms with van der Waals surface area (Å²) in [4.78, 5) is 14.1. The predicted molar refractivity (Wildman–Crippen MR) is 67.0 cm³/mol. The fourth-order valence-corrected chi connectivity index (χ4v) is 2.55. The molecule has 2 N–H and O–H groups in total. The van der Waals surface area contributed by atoms with E-state index in [4.69, 9.17) is 5.73 Å². The van der Waals surface area contributed by atoms with Crippen LogP contribution >= 0.6 is 0 Å². The highest BCUT2D eigenvalue weighted by Gasteiger charge is 2.28. The molecule has 16 heavy (non-hydrogen) atoms. The van der Waals surface area contributed by atoms with Gasteiger partial charge in [0.05, 0.1) is 0 Å². The number of carbonyl (C=O) groups excluding carboxylic acids is 1. The van der Waals surface area contributed by atoms with E-state index in [1.54, 1.807) is 0 Å².